The van der Waals surface area contributed by atoms with Gasteiger partial charge in [-0.1, -0.05) is 108 Å². The summed E-state index contributed by atoms with van der Waals surface area (Å²) in [7, 11) is -4.78. The SMILES string of the molecule is Cc1ccc(C(O[C@H]2C[C@H](n3cnc4c(NC(=O)c5ccccc5)ncnc43)O[C@@H]2COP(=O)(F)N(C(C)C)C(C)C)(c2ccccc2)c2ccc(C)cc2)cc1. The van der Waals surface area contributed by atoms with Gasteiger partial charge in [-0.05, 0) is 70.4 Å². The van der Waals surface area contributed by atoms with Gasteiger partial charge in [-0.15, -0.1) is 4.20 Å². The lowest BCUT2D eigenvalue weighted by Crippen LogP contribution is -2.41. The number of benzene rings is 4. The van der Waals surface area contributed by atoms with Gasteiger partial charge >= 0.3 is 7.83 Å². The van der Waals surface area contributed by atoms with Crippen molar-refractivity contribution in [1.29, 1.82) is 0 Å². The highest BCUT2D eigenvalue weighted by Crippen LogP contribution is 2.56. The van der Waals surface area contributed by atoms with Gasteiger partial charge in [0.05, 0.1) is 19.0 Å². The summed E-state index contributed by atoms with van der Waals surface area (Å²) in [4.78, 5) is 26.6. The molecule has 1 unspecified atom stereocenters. The first-order valence-electron chi connectivity index (χ1n) is 19.2. The van der Waals surface area contributed by atoms with Gasteiger partial charge < -0.3 is 14.8 Å². The molecule has 0 bridgehead atoms. The van der Waals surface area contributed by atoms with Crippen LogP contribution in [0.25, 0.3) is 11.2 Å². The number of anilines is 1. The number of nitrogens with one attached hydrogen (secondary N) is 1. The summed E-state index contributed by atoms with van der Waals surface area (Å²) in [5.41, 5.74) is 4.90. The predicted molar refractivity (Wildman–Crippen MR) is 219 cm³/mol. The second-order valence-electron chi connectivity index (χ2n) is 15.0. The molecule has 1 amide bonds. The molecule has 2 aromatic heterocycles. The van der Waals surface area contributed by atoms with E-state index in [1.54, 1.807) is 62.9 Å². The number of amides is 1. The van der Waals surface area contributed by atoms with E-state index in [9.17, 15) is 9.36 Å². The van der Waals surface area contributed by atoms with E-state index in [1.165, 1.54) is 11.0 Å². The summed E-state index contributed by atoms with van der Waals surface area (Å²) in [5.74, 6) is -0.106. The molecule has 7 rings (SSSR count). The Bertz CT molecular complexity index is 2290. The average molecular weight is 791 g/mol. The predicted octanol–water partition coefficient (Wildman–Crippen LogP) is 9.57. The van der Waals surface area contributed by atoms with Gasteiger partial charge in [0.1, 0.15) is 24.3 Å². The van der Waals surface area contributed by atoms with E-state index in [0.717, 1.165) is 27.8 Å². The van der Waals surface area contributed by atoms with Crippen molar-refractivity contribution in [2.45, 2.75) is 84.1 Å². The Morgan fingerprint density at radius 3 is 2.00 bits per heavy atom. The molecule has 6 aromatic rings. The first kappa shape index (κ1) is 40.1. The Hall–Kier alpha value is -5.10. The van der Waals surface area contributed by atoms with E-state index >= 15 is 4.20 Å². The van der Waals surface area contributed by atoms with Crippen LogP contribution < -0.4 is 5.32 Å². The second-order valence-corrected chi connectivity index (χ2v) is 16.6. The lowest BCUT2D eigenvalue weighted by Gasteiger charge is -2.39. The third kappa shape index (κ3) is 8.33. The fourth-order valence-corrected chi connectivity index (χ4v) is 9.20. The molecule has 4 aromatic carbocycles. The summed E-state index contributed by atoms with van der Waals surface area (Å²) in [6.07, 6.45) is 0.834. The molecule has 3 heterocycles. The van der Waals surface area contributed by atoms with Crippen molar-refractivity contribution in [3.63, 3.8) is 0 Å². The number of imidazole rings is 1. The summed E-state index contributed by atoms with van der Waals surface area (Å²) in [6, 6.07) is 34.5. The number of halogens is 1. The lowest BCUT2D eigenvalue weighted by atomic mass is 9.79. The molecule has 13 heteroatoms. The molecule has 0 aliphatic carbocycles. The smallest absolute Gasteiger partial charge is 0.355 e. The van der Waals surface area contributed by atoms with Gasteiger partial charge in [-0.3, -0.25) is 13.9 Å². The normalized spacial score (nSPS) is 18.4. The van der Waals surface area contributed by atoms with Crippen LogP contribution in [0.3, 0.4) is 0 Å². The highest BCUT2D eigenvalue weighted by Gasteiger charge is 2.48. The minimum Gasteiger partial charge on any atom is -0.355 e. The first-order valence-corrected chi connectivity index (χ1v) is 20.6. The maximum atomic E-state index is 16.2. The van der Waals surface area contributed by atoms with Gasteiger partial charge in [0.15, 0.2) is 17.0 Å². The van der Waals surface area contributed by atoms with Crippen LogP contribution in [0, 0.1) is 13.8 Å². The molecule has 0 radical (unpaired) electrons. The van der Waals surface area contributed by atoms with Crippen LogP contribution >= 0.6 is 7.83 Å². The van der Waals surface area contributed by atoms with Crippen LogP contribution in [0.1, 0.15) is 78.5 Å². The number of hydrogen-bond acceptors (Lipinski definition) is 8. The molecule has 0 saturated carbocycles. The topological polar surface area (TPSA) is 121 Å². The van der Waals surface area contributed by atoms with Crippen LogP contribution in [0.5, 0.6) is 0 Å². The Morgan fingerprint density at radius 2 is 1.42 bits per heavy atom. The van der Waals surface area contributed by atoms with Crippen LogP contribution in [-0.4, -0.2) is 61.0 Å². The monoisotopic (exact) mass is 790 g/mol. The van der Waals surface area contributed by atoms with E-state index in [1.807, 2.05) is 50.2 Å². The Labute approximate surface area is 332 Å². The quantitative estimate of drug-likeness (QED) is 0.0850. The highest BCUT2D eigenvalue weighted by molar-refractivity contribution is 7.50. The number of aromatic nitrogens is 4. The van der Waals surface area contributed by atoms with Gasteiger partial charge in [0.25, 0.3) is 5.91 Å². The zero-order valence-corrected chi connectivity index (χ0v) is 33.8. The summed E-state index contributed by atoms with van der Waals surface area (Å²) in [5, 5.41) is 2.85. The number of ether oxygens (including phenoxy) is 2. The Balaban J connectivity index is 1.30. The number of hydrogen-bond donors (Lipinski definition) is 1. The van der Waals surface area contributed by atoms with E-state index in [2.05, 4.69) is 68.8 Å². The minimum atomic E-state index is -4.78. The van der Waals surface area contributed by atoms with Crippen molar-refractivity contribution in [3.05, 3.63) is 155 Å². The second kappa shape index (κ2) is 16.8. The van der Waals surface area contributed by atoms with Crippen molar-refractivity contribution < 1.29 is 27.6 Å². The lowest BCUT2D eigenvalue weighted by molar-refractivity contribution is -0.0971. The van der Waals surface area contributed by atoms with Crippen LogP contribution in [0.15, 0.2) is 122 Å². The zero-order chi connectivity index (χ0) is 40.3. The van der Waals surface area contributed by atoms with E-state index in [0.29, 0.717) is 16.7 Å². The largest absolute Gasteiger partial charge is 0.445 e. The third-order valence-corrected chi connectivity index (χ3v) is 12.2. The van der Waals surface area contributed by atoms with Crippen LogP contribution in [-0.2, 0) is 24.2 Å². The van der Waals surface area contributed by atoms with Crippen molar-refractivity contribution in [2.24, 2.45) is 0 Å². The van der Waals surface area contributed by atoms with Crippen molar-refractivity contribution in [3.8, 4) is 0 Å². The Kier molecular flexibility index (Phi) is 11.8. The molecule has 57 heavy (non-hydrogen) atoms. The average Bonchev–Trinajstić information content (AvgIpc) is 3.81. The third-order valence-electron chi connectivity index (χ3n) is 10.3. The molecule has 11 nitrogen and oxygen atoms in total. The maximum Gasteiger partial charge on any atom is 0.445 e. The molecule has 4 atom stereocenters. The maximum absolute atomic E-state index is 16.2. The van der Waals surface area contributed by atoms with Gasteiger partial charge in [0, 0.05) is 24.1 Å². The standard InChI is InChI=1S/C44H48FN6O5P/c1-29(2)51(30(3)4)57(45,53)54-26-38-37(25-39(55-38)50-28-48-40-41(46-27-47-42(40)50)49-43(52)33-13-9-7-10-14-33)56-44(34-15-11-8-12-16-34,35-21-17-31(5)18-22-35)36-23-19-32(6)20-24-36/h7-24,27-30,37-39H,25-26H2,1-6H3,(H,46,47,49,52)/t37-,38+,39+,57?/m0/s1. The van der Waals surface area contributed by atoms with Crippen molar-refractivity contribution >= 4 is 30.7 Å². The molecular weight excluding hydrogens is 742 g/mol. The number of carbonyl (C=O) groups is 1. The van der Waals surface area contributed by atoms with Gasteiger partial charge in [-0.2, -0.15) is 0 Å². The molecule has 1 N–H and O–H groups in total. The zero-order valence-electron chi connectivity index (χ0n) is 33.0. The number of aryl methyl sites for hydroxylation is 2. The summed E-state index contributed by atoms with van der Waals surface area (Å²) in [6.45, 7) is 10.8. The first-order chi connectivity index (χ1) is 27.4. The molecule has 1 aliphatic rings. The van der Waals surface area contributed by atoms with Crippen LogP contribution in [0.4, 0.5) is 10.0 Å². The van der Waals surface area contributed by atoms with E-state index in [4.69, 9.17) is 14.0 Å². The van der Waals surface area contributed by atoms with Crippen molar-refractivity contribution in [1.82, 2.24) is 24.2 Å². The highest BCUT2D eigenvalue weighted by atomic mass is 31.2. The molecule has 1 fully saturated rings. The van der Waals surface area contributed by atoms with E-state index < -0.39 is 31.9 Å². The minimum absolute atomic E-state index is 0.237. The fraction of sp³-hybridized carbons (Fsp3) is 0.318. The summed E-state index contributed by atoms with van der Waals surface area (Å²) >= 11 is 0. The number of rotatable bonds is 14. The van der Waals surface area contributed by atoms with Gasteiger partial charge in [-0.25, -0.2) is 24.2 Å². The number of carbonyl (C=O) groups excluding carboxylic acids is 1. The molecular formula is C44H48FN6O5P. The molecule has 0 spiro atoms. The van der Waals surface area contributed by atoms with Gasteiger partial charge in [0.2, 0.25) is 0 Å². The number of nitrogens with zero attached hydrogens (tertiary/aromatic N) is 5. The molecule has 1 aliphatic heterocycles. The Morgan fingerprint density at radius 1 is 0.860 bits per heavy atom. The summed E-state index contributed by atoms with van der Waals surface area (Å²) < 4.78 is 52.8. The van der Waals surface area contributed by atoms with Crippen LogP contribution in [0.2, 0.25) is 0 Å². The molecule has 1 saturated heterocycles. The van der Waals surface area contributed by atoms with E-state index in [-0.39, 0.29) is 36.8 Å². The van der Waals surface area contributed by atoms with Crippen molar-refractivity contribution in [2.75, 3.05) is 11.9 Å². The fourth-order valence-electron chi connectivity index (χ4n) is 7.63. The molecule has 296 valence electrons. The number of fused-ring (bicyclic) bond motifs is 1.